The normalized spacial score (nSPS) is 47.7. The number of alkyl halides is 1. The first-order valence-electron chi connectivity index (χ1n) is 8.02. The van der Waals surface area contributed by atoms with E-state index < -0.39 is 0 Å². The third-order valence-electron chi connectivity index (χ3n) is 6.22. The van der Waals surface area contributed by atoms with Crippen LogP contribution in [-0.4, -0.2) is 0 Å². The van der Waals surface area contributed by atoms with E-state index in [1.54, 1.807) is 0 Å². The van der Waals surface area contributed by atoms with E-state index in [0.717, 1.165) is 5.92 Å². The van der Waals surface area contributed by atoms with Crippen LogP contribution in [0.5, 0.6) is 0 Å². The lowest BCUT2D eigenvalue weighted by atomic mass is 9.39. The first-order valence-corrected chi connectivity index (χ1v) is 9.27. The van der Waals surface area contributed by atoms with Crippen molar-refractivity contribution in [1.29, 1.82) is 0 Å². The standard InChI is InChI=1S/C18H25ClS/c1-12-4-5-14(20-12)15(19)18-8-13-6-16(2,10-18)9-17(3,7-13)11-18/h4-5,13,15H,6-11H2,1-3H3. The van der Waals surface area contributed by atoms with Crippen LogP contribution >= 0.6 is 22.9 Å². The molecule has 4 fully saturated rings. The maximum absolute atomic E-state index is 7.07. The van der Waals surface area contributed by atoms with Crippen LogP contribution in [0, 0.1) is 29.1 Å². The molecule has 0 nitrogen and oxygen atoms in total. The SMILES string of the molecule is Cc1ccc(C(Cl)C23CC4CC(C)(CC(C)(C4)C2)C3)s1. The monoisotopic (exact) mass is 308 g/mol. The molecule has 1 aromatic rings. The number of thiophene rings is 1. The Hall–Kier alpha value is -0.0100. The minimum atomic E-state index is 0.239. The molecule has 3 atom stereocenters. The summed E-state index contributed by atoms with van der Waals surface area (Å²) in [6.07, 6.45) is 8.44. The lowest BCUT2D eigenvalue weighted by Crippen LogP contribution is -2.56. The van der Waals surface area contributed by atoms with Crippen LogP contribution in [0.3, 0.4) is 0 Å². The van der Waals surface area contributed by atoms with Crippen molar-refractivity contribution < 1.29 is 0 Å². The number of halogens is 1. The van der Waals surface area contributed by atoms with Crippen molar-refractivity contribution in [1.82, 2.24) is 0 Å². The van der Waals surface area contributed by atoms with E-state index in [-0.39, 0.29) is 5.38 Å². The van der Waals surface area contributed by atoms with Crippen LogP contribution < -0.4 is 0 Å². The average Bonchev–Trinajstić information content (AvgIpc) is 2.69. The first kappa shape index (κ1) is 13.6. The number of aryl methyl sites for hydroxylation is 1. The van der Waals surface area contributed by atoms with Gasteiger partial charge in [-0.15, -0.1) is 22.9 Å². The number of hydrogen-bond donors (Lipinski definition) is 0. The molecular weight excluding hydrogens is 284 g/mol. The Labute approximate surface area is 131 Å². The summed E-state index contributed by atoms with van der Waals surface area (Å²) in [7, 11) is 0. The molecule has 0 spiro atoms. The Morgan fingerprint density at radius 2 is 1.75 bits per heavy atom. The molecule has 0 aromatic carbocycles. The van der Waals surface area contributed by atoms with Crippen molar-refractivity contribution in [3.63, 3.8) is 0 Å². The lowest BCUT2D eigenvalue weighted by molar-refractivity contribution is -0.146. The highest BCUT2D eigenvalue weighted by Crippen LogP contribution is 2.73. The van der Waals surface area contributed by atoms with Gasteiger partial charge in [-0.05, 0) is 79.7 Å². The van der Waals surface area contributed by atoms with Crippen LogP contribution in [-0.2, 0) is 0 Å². The number of rotatable bonds is 2. The maximum atomic E-state index is 7.07. The zero-order valence-corrected chi connectivity index (χ0v) is 14.4. The molecule has 4 aliphatic carbocycles. The van der Waals surface area contributed by atoms with E-state index in [1.165, 1.54) is 48.3 Å². The second kappa shape index (κ2) is 4.04. The van der Waals surface area contributed by atoms with E-state index in [2.05, 4.69) is 32.9 Å². The van der Waals surface area contributed by atoms with Crippen molar-refractivity contribution >= 4 is 22.9 Å². The van der Waals surface area contributed by atoms with Gasteiger partial charge in [-0.25, -0.2) is 0 Å². The van der Waals surface area contributed by atoms with Gasteiger partial charge in [0.1, 0.15) is 0 Å². The van der Waals surface area contributed by atoms with Gasteiger partial charge in [0.25, 0.3) is 0 Å². The van der Waals surface area contributed by atoms with Crippen LogP contribution in [0.2, 0.25) is 0 Å². The Morgan fingerprint density at radius 3 is 2.25 bits per heavy atom. The van der Waals surface area contributed by atoms with Crippen molar-refractivity contribution in [3.05, 3.63) is 21.9 Å². The molecule has 5 rings (SSSR count). The summed E-state index contributed by atoms with van der Waals surface area (Å²) in [5.74, 6) is 0.934. The van der Waals surface area contributed by atoms with E-state index in [0.29, 0.717) is 16.2 Å². The quantitative estimate of drug-likeness (QED) is 0.560. The van der Waals surface area contributed by atoms with E-state index in [4.69, 9.17) is 11.6 Å². The van der Waals surface area contributed by atoms with Gasteiger partial charge in [-0.2, -0.15) is 0 Å². The maximum Gasteiger partial charge on any atom is 0.0735 e. The minimum Gasteiger partial charge on any atom is -0.144 e. The van der Waals surface area contributed by atoms with E-state index in [1.807, 2.05) is 11.3 Å². The fourth-order valence-electron chi connectivity index (χ4n) is 6.71. The smallest absolute Gasteiger partial charge is 0.0735 e. The topological polar surface area (TPSA) is 0 Å². The summed E-state index contributed by atoms with van der Waals surface area (Å²) in [6, 6.07) is 4.51. The van der Waals surface area contributed by atoms with Crippen molar-refractivity contribution in [3.8, 4) is 0 Å². The third kappa shape index (κ3) is 1.92. The molecule has 4 saturated carbocycles. The van der Waals surface area contributed by atoms with Gasteiger partial charge in [-0.1, -0.05) is 13.8 Å². The van der Waals surface area contributed by atoms with Gasteiger partial charge in [0.2, 0.25) is 0 Å². The molecule has 2 heteroatoms. The Balaban J connectivity index is 1.73. The molecule has 0 saturated heterocycles. The van der Waals surface area contributed by atoms with Gasteiger partial charge in [-0.3, -0.25) is 0 Å². The molecule has 20 heavy (non-hydrogen) atoms. The third-order valence-corrected chi connectivity index (χ3v) is 8.11. The van der Waals surface area contributed by atoms with Crippen LogP contribution in [0.25, 0.3) is 0 Å². The number of hydrogen-bond acceptors (Lipinski definition) is 1. The Bertz CT molecular complexity index is 527. The highest BCUT2D eigenvalue weighted by Gasteiger charge is 2.62. The fourth-order valence-corrected chi connectivity index (χ4v) is 8.16. The second-order valence-electron chi connectivity index (χ2n) is 8.80. The predicted octanol–water partition coefficient (Wildman–Crippen LogP) is 6.33. The minimum absolute atomic E-state index is 0.239. The molecule has 110 valence electrons. The molecule has 0 N–H and O–H groups in total. The van der Waals surface area contributed by atoms with Gasteiger partial charge in [0, 0.05) is 9.75 Å². The van der Waals surface area contributed by atoms with Crippen molar-refractivity contribution in [2.45, 2.75) is 64.7 Å². The summed E-state index contributed by atoms with van der Waals surface area (Å²) < 4.78 is 0. The fraction of sp³-hybridized carbons (Fsp3) is 0.778. The molecule has 0 radical (unpaired) electrons. The summed E-state index contributed by atoms with van der Waals surface area (Å²) in [5, 5.41) is 0.239. The Kier molecular flexibility index (Phi) is 2.76. The van der Waals surface area contributed by atoms with E-state index >= 15 is 0 Å². The zero-order valence-electron chi connectivity index (χ0n) is 12.8. The molecule has 0 amide bonds. The summed E-state index contributed by atoms with van der Waals surface area (Å²) in [5.41, 5.74) is 1.50. The van der Waals surface area contributed by atoms with Crippen LogP contribution in [0.15, 0.2) is 12.1 Å². The highest BCUT2D eigenvalue weighted by atomic mass is 35.5. The summed E-state index contributed by atoms with van der Waals surface area (Å²) >= 11 is 8.99. The van der Waals surface area contributed by atoms with Gasteiger partial charge in [0.05, 0.1) is 5.38 Å². The predicted molar refractivity (Wildman–Crippen MR) is 87.5 cm³/mol. The molecule has 0 aliphatic heterocycles. The zero-order chi connectivity index (χ0) is 14.2. The van der Waals surface area contributed by atoms with Gasteiger partial charge < -0.3 is 0 Å². The largest absolute Gasteiger partial charge is 0.144 e. The molecular formula is C18H25ClS. The average molecular weight is 309 g/mol. The molecule has 4 aliphatic rings. The summed E-state index contributed by atoms with van der Waals surface area (Å²) in [4.78, 5) is 2.81. The molecule has 1 heterocycles. The van der Waals surface area contributed by atoms with E-state index in [9.17, 15) is 0 Å². The Morgan fingerprint density at radius 1 is 1.10 bits per heavy atom. The van der Waals surface area contributed by atoms with Crippen molar-refractivity contribution in [2.75, 3.05) is 0 Å². The second-order valence-corrected chi connectivity index (χ2v) is 10.6. The lowest BCUT2D eigenvalue weighted by Gasteiger charge is -2.66. The molecule has 1 aromatic heterocycles. The molecule has 4 bridgehead atoms. The van der Waals surface area contributed by atoms with Crippen molar-refractivity contribution in [2.24, 2.45) is 22.2 Å². The highest BCUT2D eigenvalue weighted by molar-refractivity contribution is 7.12. The van der Waals surface area contributed by atoms with Crippen LogP contribution in [0.4, 0.5) is 0 Å². The molecule has 3 unspecified atom stereocenters. The van der Waals surface area contributed by atoms with Crippen LogP contribution in [0.1, 0.15) is 67.5 Å². The summed E-state index contributed by atoms with van der Waals surface area (Å²) in [6.45, 7) is 7.27. The van der Waals surface area contributed by atoms with Gasteiger partial charge >= 0.3 is 0 Å². The first-order chi connectivity index (χ1) is 9.32. The van der Waals surface area contributed by atoms with Gasteiger partial charge in [0.15, 0.2) is 0 Å².